The van der Waals surface area contributed by atoms with Crippen LogP contribution < -0.4 is 11.0 Å². The Balaban J connectivity index is 1.53. The number of carbonyl (C=O) groups excluding carboxylic acids is 1. The van der Waals surface area contributed by atoms with Gasteiger partial charge in [-0.25, -0.2) is 4.79 Å². The first-order valence-electron chi connectivity index (χ1n) is 8.91. The molecule has 0 aliphatic heterocycles. The highest BCUT2D eigenvalue weighted by Gasteiger charge is 2.15. The molecule has 138 valence electrons. The van der Waals surface area contributed by atoms with E-state index in [0.717, 1.165) is 27.2 Å². The number of fused-ring (bicyclic) bond motifs is 4. The van der Waals surface area contributed by atoms with Crippen molar-refractivity contribution in [3.63, 3.8) is 0 Å². The van der Waals surface area contributed by atoms with Gasteiger partial charge in [0.05, 0.1) is 11.0 Å². The second-order valence-electron chi connectivity index (χ2n) is 6.87. The van der Waals surface area contributed by atoms with E-state index >= 15 is 0 Å². The lowest BCUT2D eigenvalue weighted by atomic mass is 10.1. The summed E-state index contributed by atoms with van der Waals surface area (Å²) in [7, 11) is 3.43. The molecule has 1 N–H and O–H groups in total. The normalized spacial score (nSPS) is 11.5. The third-order valence-corrected chi connectivity index (χ3v) is 5.18. The minimum atomic E-state index is -0.333. The van der Waals surface area contributed by atoms with Crippen molar-refractivity contribution in [3.05, 3.63) is 76.9 Å². The van der Waals surface area contributed by atoms with Crippen molar-refractivity contribution in [2.24, 2.45) is 14.1 Å². The molecule has 3 aromatic carbocycles. The Bertz CT molecular complexity index is 1450. The summed E-state index contributed by atoms with van der Waals surface area (Å²) in [6, 6.07) is 19.0. The second kappa shape index (κ2) is 5.85. The highest BCUT2D eigenvalue weighted by atomic mass is 16.3. The van der Waals surface area contributed by atoms with Gasteiger partial charge in [0.15, 0.2) is 5.76 Å². The van der Waals surface area contributed by atoms with Crippen LogP contribution in [0.15, 0.2) is 69.9 Å². The minimum Gasteiger partial charge on any atom is -0.451 e. The fourth-order valence-electron chi connectivity index (χ4n) is 3.68. The number of hydrogen-bond acceptors (Lipinski definition) is 3. The van der Waals surface area contributed by atoms with E-state index < -0.39 is 0 Å². The second-order valence-corrected chi connectivity index (χ2v) is 6.87. The molecule has 0 saturated heterocycles. The smallest absolute Gasteiger partial charge is 0.328 e. The Morgan fingerprint density at radius 2 is 1.68 bits per heavy atom. The van der Waals surface area contributed by atoms with E-state index in [1.807, 2.05) is 42.5 Å². The van der Waals surface area contributed by atoms with Crippen LogP contribution in [0.2, 0.25) is 0 Å². The van der Waals surface area contributed by atoms with E-state index in [0.29, 0.717) is 11.3 Å². The van der Waals surface area contributed by atoms with E-state index in [9.17, 15) is 9.59 Å². The molecule has 0 saturated carbocycles. The summed E-state index contributed by atoms with van der Waals surface area (Å²) >= 11 is 0. The van der Waals surface area contributed by atoms with Gasteiger partial charge in [-0.05, 0) is 41.1 Å². The number of carbonyl (C=O) groups is 1. The van der Waals surface area contributed by atoms with Gasteiger partial charge in [0.1, 0.15) is 5.58 Å². The number of furan rings is 1. The average molecular weight is 371 g/mol. The first-order valence-corrected chi connectivity index (χ1v) is 8.91. The molecule has 0 fully saturated rings. The SMILES string of the molecule is Cn1c(=O)n(C)c2cc(NC(=O)c3cc4c(ccc5ccccc54)o3)ccc21. The number of aryl methyl sites for hydroxylation is 2. The van der Waals surface area contributed by atoms with Crippen LogP contribution in [0.25, 0.3) is 32.8 Å². The van der Waals surface area contributed by atoms with Gasteiger partial charge in [-0.15, -0.1) is 0 Å². The van der Waals surface area contributed by atoms with Crippen molar-refractivity contribution in [1.29, 1.82) is 0 Å². The number of nitrogens with zero attached hydrogens (tertiary/aromatic N) is 2. The number of hydrogen-bond donors (Lipinski definition) is 1. The third kappa shape index (κ3) is 2.35. The van der Waals surface area contributed by atoms with Crippen LogP contribution in [-0.4, -0.2) is 15.0 Å². The summed E-state index contributed by atoms with van der Waals surface area (Å²) in [5, 5.41) is 5.91. The van der Waals surface area contributed by atoms with Crippen LogP contribution >= 0.6 is 0 Å². The number of aromatic nitrogens is 2. The quantitative estimate of drug-likeness (QED) is 0.509. The molecular weight excluding hydrogens is 354 g/mol. The van der Waals surface area contributed by atoms with Gasteiger partial charge in [0.2, 0.25) is 0 Å². The molecule has 6 heteroatoms. The lowest BCUT2D eigenvalue weighted by Crippen LogP contribution is -2.19. The van der Waals surface area contributed by atoms with Crippen molar-refractivity contribution in [2.75, 3.05) is 5.32 Å². The molecule has 5 rings (SSSR count). The van der Waals surface area contributed by atoms with E-state index in [-0.39, 0.29) is 17.4 Å². The van der Waals surface area contributed by atoms with Gasteiger partial charge in [-0.2, -0.15) is 0 Å². The van der Waals surface area contributed by atoms with Crippen LogP contribution in [0.4, 0.5) is 5.69 Å². The van der Waals surface area contributed by atoms with Crippen molar-refractivity contribution < 1.29 is 9.21 Å². The van der Waals surface area contributed by atoms with Gasteiger partial charge in [-0.1, -0.05) is 30.3 Å². The van der Waals surface area contributed by atoms with E-state index in [1.54, 1.807) is 41.4 Å². The minimum absolute atomic E-state index is 0.109. The summed E-state index contributed by atoms with van der Waals surface area (Å²) in [6.07, 6.45) is 0. The largest absolute Gasteiger partial charge is 0.451 e. The summed E-state index contributed by atoms with van der Waals surface area (Å²) < 4.78 is 8.90. The summed E-state index contributed by atoms with van der Waals surface area (Å²) in [4.78, 5) is 24.8. The zero-order valence-electron chi connectivity index (χ0n) is 15.4. The summed E-state index contributed by atoms with van der Waals surface area (Å²) in [6.45, 7) is 0. The summed E-state index contributed by atoms with van der Waals surface area (Å²) in [5.74, 6) is -0.0889. The van der Waals surface area contributed by atoms with Crippen LogP contribution in [0.3, 0.4) is 0 Å². The Morgan fingerprint density at radius 3 is 2.54 bits per heavy atom. The predicted molar refractivity (Wildman–Crippen MR) is 110 cm³/mol. The van der Waals surface area contributed by atoms with Crippen molar-refractivity contribution in [1.82, 2.24) is 9.13 Å². The lowest BCUT2D eigenvalue weighted by Gasteiger charge is -2.04. The monoisotopic (exact) mass is 371 g/mol. The van der Waals surface area contributed by atoms with Crippen LogP contribution in [0.5, 0.6) is 0 Å². The maximum absolute atomic E-state index is 12.7. The van der Waals surface area contributed by atoms with E-state index in [2.05, 4.69) is 5.32 Å². The van der Waals surface area contributed by atoms with Gasteiger partial charge < -0.3 is 9.73 Å². The predicted octanol–water partition coefficient (Wildman–Crippen LogP) is 4.03. The molecule has 2 aromatic heterocycles. The summed E-state index contributed by atoms with van der Waals surface area (Å²) in [5.41, 5.74) is 2.72. The molecule has 2 heterocycles. The molecular formula is C22H17N3O3. The number of nitrogens with one attached hydrogen (secondary N) is 1. The molecule has 0 aliphatic rings. The number of imidazole rings is 1. The molecule has 1 amide bonds. The molecule has 0 atom stereocenters. The van der Waals surface area contributed by atoms with Crippen molar-refractivity contribution in [3.8, 4) is 0 Å². The average Bonchev–Trinajstić information content (AvgIpc) is 3.24. The molecule has 0 unspecified atom stereocenters. The van der Waals surface area contributed by atoms with Crippen molar-refractivity contribution >= 4 is 44.4 Å². The van der Waals surface area contributed by atoms with Gasteiger partial charge in [0.25, 0.3) is 5.91 Å². The first kappa shape index (κ1) is 16.4. The zero-order valence-corrected chi connectivity index (χ0v) is 15.4. The van der Waals surface area contributed by atoms with Crippen LogP contribution in [0, 0.1) is 0 Å². The Labute approximate surface area is 159 Å². The molecule has 0 spiro atoms. The standard InChI is InChI=1S/C22H17N3O3/c1-24-17-9-8-14(11-18(17)25(2)22(24)27)23-21(26)20-12-16-15-6-4-3-5-13(15)7-10-19(16)28-20/h3-12H,1-2H3,(H,23,26). The molecule has 0 radical (unpaired) electrons. The number of amides is 1. The first-order chi connectivity index (χ1) is 13.5. The van der Waals surface area contributed by atoms with Crippen LogP contribution in [0.1, 0.15) is 10.6 Å². The molecule has 6 nitrogen and oxygen atoms in total. The fourth-order valence-corrected chi connectivity index (χ4v) is 3.68. The maximum Gasteiger partial charge on any atom is 0.328 e. The molecule has 0 aliphatic carbocycles. The number of anilines is 1. The third-order valence-electron chi connectivity index (χ3n) is 5.18. The molecule has 0 bridgehead atoms. The number of rotatable bonds is 2. The Morgan fingerprint density at radius 1 is 0.893 bits per heavy atom. The highest BCUT2D eigenvalue weighted by Crippen LogP contribution is 2.28. The topological polar surface area (TPSA) is 69.2 Å². The van der Waals surface area contributed by atoms with Crippen molar-refractivity contribution in [2.45, 2.75) is 0 Å². The maximum atomic E-state index is 12.7. The molecule has 5 aromatic rings. The van der Waals surface area contributed by atoms with Gasteiger partial charge in [0, 0.05) is 25.2 Å². The Kier molecular flexibility index (Phi) is 3.42. The van der Waals surface area contributed by atoms with Gasteiger partial charge in [-0.3, -0.25) is 13.9 Å². The van der Waals surface area contributed by atoms with E-state index in [1.165, 1.54) is 0 Å². The van der Waals surface area contributed by atoms with Gasteiger partial charge >= 0.3 is 5.69 Å². The number of benzene rings is 3. The highest BCUT2D eigenvalue weighted by molar-refractivity contribution is 6.11. The fraction of sp³-hybridized carbons (Fsp3) is 0.0909. The zero-order chi connectivity index (χ0) is 19.4. The van der Waals surface area contributed by atoms with Crippen LogP contribution in [-0.2, 0) is 14.1 Å². The lowest BCUT2D eigenvalue weighted by molar-refractivity contribution is 0.0998. The van der Waals surface area contributed by atoms with E-state index in [4.69, 9.17) is 4.42 Å². The Hall–Kier alpha value is -3.80. The molecule has 28 heavy (non-hydrogen) atoms.